The van der Waals surface area contributed by atoms with Gasteiger partial charge in [0, 0.05) is 12.1 Å². The van der Waals surface area contributed by atoms with Crippen molar-refractivity contribution >= 4 is 0 Å². The predicted molar refractivity (Wildman–Crippen MR) is 63.8 cm³/mol. The molecule has 3 atom stereocenters. The number of nitrogens with one attached hydrogen (secondary N) is 1. The van der Waals surface area contributed by atoms with Crippen molar-refractivity contribution in [2.24, 2.45) is 16.7 Å². The van der Waals surface area contributed by atoms with E-state index in [1.807, 2.05) is 0 Å². The molecule has 1 N–H and O–H groups in total. The van der Waals surface area contributed by atoms with Gasteiger partial charge in [0.2, 0.25) is 0 Å². The topological polar surface area (TPSA) is 12.0 Å². The van der Waals surface area contributed by atoms with E-state index in [1.54, 1.807) is 0 Å². The third kappa shape index (κ3) is 1.19. The molecule has 0 aliphatic heterocycles. The van der Waals surface area contributed by atoms with Gasteiger partial charge in [-0.2, -0.15) is 0 Å². The lowest BCUT2D eigenvalue weighted by Gasteiger charge is -2.42. The predicted octanol–water partition coefficient (Wildman–Crippen LogP) is 3.34. The van der Waals surface area contributed by atoms with Crippen molar-refractivity contribution in [1.29, 1.82) is 0 Å². The molecule has 0 radical (unpaired) electrons. The quantitative estimate of drug-likeness (QED) is 0.732. The Morgan fingerprint density at radius 2 is 1.80 bits per heavy atom. The highest BCUT2D eigenvalue weighted by Gasteiger charge is 2.61. The summed E-state index contributed by atoms with van der Waals surface area (Å²) >= 11 is 0. The van der Waals surface area contributed by atoms with Gasteiger partial charge >= 0.3 is 0 Å². The van der Waals surface area contributed by atoms with Gasteiger partial charge in [-0.05, 0) is 48.9 Å². The van der Waals surface area contributed by atoms with E-state index in [9.17, 15) is 0 Å². The number of hydrogen-bond acceptors (Lipinski definition) is 1. The van der Waals surface area contributed by atoms with Crippen LogP contribution >= 0.6 is 0 Å². The van der Waals surface area contributed by atoms with Gasteiger partial charge in [-0.3, -0.25) is 0 Å². The Labute approximate surface area is 94.0 Å². The molecule has 3 aliphatic carbocycles. The molecule has 0 amide bonds. The Bertz CT molecular complexity index is 267. The molecule has 0 aromatic carbocycles. The molecule has 15 heavy (non-hydrogen) atoms. The van der Waals surface area contributed by atoms with Gasteiger partial charge in [0.05, 0.1) is 0 Å². The summed E-state index contributed by atoms with van der Waals surface area (Å²) in [6.07, 6.45) is 8.69. The summed E-state index contributed by atoms with van der Waals surface area (Å²) in [5, 5.41) is 3.94. The van der Waals surface area contributed by atoms with Crippen LogP contribution in [0.5, 0.6) is 0 Å². The molecule has 2 bridgehead atoms. The zero-order chi connectivity index (χ0) is 10.7. The monoisotopic (exact) mass is 207 g/mol. The average Bonchev–Trinajstić information content (AvgIpc) is 2.43. The molecular weight excluding hydrogens is 182 g/mol. The van der Waals surface area contributed by atoms with Gasteiger partial charge in [0.25, 0.3) is 0 Å². The fraction of sp³-hybridized carbons (Fsp3) is 1.00. The zero-order valence-electron chi connectivity index (χ0n) is 10.5. The lowest BCUT2D eigenvalue weighted by Crippen LogP contribution is -2.50. The Morgan fingerprint density at radius 3 is 2.20 bits per heavy atom. The lowest BCUT2D eigenvalue weighted by molar-refractivity contribution is 0.107. The summed E-state index contributed by atoms with van der Waals surface area (Å²) in [5.74, 6) is 0.986. The SMILES string of the molecule is CC1(C)C2CCC1(C)C(NC1CCC1)C2. The second-order valence-electron chi connectivity index (χ2n) is 6.96. The van der Waals surface area contributed by atoms with Crippen LogP contribution in [0, 0.1) is 16.7 Å². The van der Waals surface area contributed by atoms with Crippen LogP contribution in [0.4, 0.5) is 0 Å². The molecule has 0 aromatic heterocycles. The van der Waals surface area contributed by atoms with E-state index < -0.39 is 0 Å². The fourth-order valence-electron chi connectivity index (χ4n) is 4.32. The molecule has 3 unspecified atom stereocenters. The van der Waals surface area contributed by atoms with Crippen LogP contribution in [0.25, 0.3) is 0 Å². The minimum Gasteiger partial charge on any atom is -0.311 e. The van der Waals surface area contributed by atoms with E-state index in [0.29, 0.717) is 10.8 Å². The maximum Gasteiger partial charge on any atom is 0.0131 e. The first-order chi connectivity index (χ1) is 7.04. The van der Waals surface area contributed by atoms with Crippen LogP contribution in [-0.2, 0) is 0 Å². The van der Waals surface area contributed by atoms with Crippen molar-refractivity contribution in [3.05, 3.63) is 0 Å². The van der Waals surface area contributed by atoms with Gasteiger partial charge < -0.3 is 5.32 Å². The highest BCUT2D eigenvalue weighted by Crippen LogP contribution is 2.65. The summed E-state index contributed by atoms with van der Waals surface area (Å²) in [5.41, 5.74) is 1.15. The maximum absolute atomic E-state index is 3.94. The van der Waals surface area contributed by atoms with E-state index in [-0.39, 0.29) is 0 Å². The van der Waals surface area contributed by atoms with Crippen molar-refractivity contribution in [3.63, 3.8) is 0 Å². The van der Waals surface area contributed by atoms with E-state index in [1.165, 1.54) is 38.5 Å². The summed E-state index contributed by atoms with van der Waals surface area (Å²) in [6.45, 7) is 7.55. The van der Waals surface area contributed by atoms with Gasteiger partial charge in [0.1, 0.15) is 0 Å². The van der Waals surface area contributed by atoms with Gasteiger partial charge in [-0.15, -0.1) is 0 Å². The Hall–Kier alpha value is -0.0400. The standard InChI is InChI=1S/C14H25N/c1-13(2)10-7-8-14(13,3)12(9-10)15-11-5-4-6-11/h10-12,15H,4-9H2,1-3H3. The highest BCUT2D eigenvalue weighted by atomic mass is 15.0. The van der Waals surface area contributed by atoms with Crippen LogP contribution in [0.3, 0.4) is 0 Å². The Balaban J connectivity index is 1.76. The Morgan fingerprint density at radius 1 is 1.07 bits per heavy atom. The molecule has 1 heteroatoms. The molecular formula is C14H25N. The molecule has 0 spiro atoms. The second-order valence-corrected chi connectivity index (χ2v) is 6.96. The van der Waals surface area contributed by atoms with Crippen LogP contribution in [0.2, 0.25) is 0 Å². The third-order valence-electron chi connectivity index (χ3n) is 6.34. The molecule has 0 aromatic rings. The molecule has 1 nitrogen and oxygen atoms in total. The smallest absolute Gasteiger partial charge is 0.0131 e. The van der Waals surface area contributed by atoms with Gasteiger partial charge in [-0.1, -0.05) is 27.2 Å². The minimum atomic E-state index is 0.577. The van der Waals surface area contributed by atoms with Crippen molar-refractivity contribution in [1.82, 2.24) is 5.32 Å². The first-order valence-electron chi connectivity index (χ1n) is 6.80. The summed E-state index contributed by atoms with van der Waals surface area (Å²) < 4.78 is 0. The highest BCUT2D eigenvalue weighted by molar-refractivity contribution is 5.13. The number of rotatable bonds is 2. The lowest BCUT2D eigenvalue weighted by atomic mass is 9.69. The molecule has 0 heterocycles. The van der Waals surface area contributed by atoms with Crippen LogP contribution < -0.4 is 5.32 Å². The first-order valence-corrected chi connectivity index (χ1v) is 6.80. The second kappa shape index (κ2) is 3.00. The average molecular weight is 207 g/mol. The van der Waals surface area contributed by atoms with Crippen LogP contribution in [-0.4, -0.2) is 12.1 Å². The molecule has 0 saturated heterocycles. The molecule has 3 saturated carbocycles. The summed E-state index contributed by atoms with van der Waals surface area (Å²) in [7, 11) is 0. The van der Waals surface area contributed by atoms with E-state index in [0.717, 1.165) is 18.0 Å². The van der Waals surface area contributed by atoms with Gasteiger partial charge in [0.15, 0.2) is 0 Å². The minimum absolute atomic E-state index is 0.577. The van der Waals surface area contributed by atoms with Crippen LogP contribution in [0.15, 0.2) is 0 Å². The molecule has 3 aliphatic rings. The molecule has 86 valence electrons. The largest absolute Gasteiger partial charge is 0.311 e. The zero-order valence-corrected chi connectivity index (χ0v) is 10.5. The number of fused-ring (bicyclic) bond motifs is 2. The normalized spacial score (nSPS) is 48.2. The summed E-state index contributed by atoms with van der Waals surface area (Å²) in [4.78, 5) is 0. The van der Waals surface area contributed by atoms with Crippen molar-refractivity contribution < 1.29 is 0 Å². The van der Waals surface area contributed by atoms with Crippen molar-refractivity contribution in [2.75, 3.05) is 0 Å². The first kappa shape index (κ1) is 10.1. The van der Waals surface area contributed by atoms with E-state index in [4.69, 9.17) is 0 Å². The van der Waals surface area contributed by atoms with Crippen molar-refractivity contribution in [3.8, 4) is 0 Å². The third-order valence-corrected chi connectivity index (χ3v) is 6.34. The Kier molecular flexibility index (Phi) is 2.03. The molecule has 3 rings (SSSR count). The summed E-state index contributed by atoms with van der Waals surface area (Å²) in [6, 6.07) is 1.68. The fourth-order valence-corrected chi connectivity index (χ4v) is 4.32. The molecule has 3 fully saturated rings. The van der Waals surface area contributed by atoms with Gasteiger partial charge in [-0.25, -0.2) is 0 Å². The van der Waals surface area contributed by atoms with E-state index >= 15 is 0 Å². The van der Waals surface area contributed by atoms with E-state index in [2.05, 4.69) is 26.1 Å². The van der Waals surface area contributed by atoms with Crippen LogP contribution in [0.1, 0.15) is 59.3 Å². The number of hydrogen-bond donors (Lipinski definition) is 1. The van der Waals surface area contributed by atoms with Crippen molar-refractivity contribution in [2.45, 2.75) is 71.4 Å². The maximum atomic E-state index is 3.94.